The summed E-state index contributed by atoms with van der Waals surface area (Å²) in [6, 6.07) is 9.52. The van der Waals surface area contributed by atoms with Gasteiger partial charge in [0.2, 0.25) is 10.0 Å². The van der Waals surface area contributed by atoms with E-state index in [0.29, 0.717) is 24.5 Å². The van der Waals surface area contributed by atoms with E-state index in [1.54, 1.807) is 16.0 Å². The van der Waals surface area contributed by atoms with E-state index < -0.39 is 10.0 Å². The van der Waals surface area contributed by atoms with Crippen molar-refractivity contribution in [3.05, 3.63) is 52.5 Å². The number of hydrogen-bond donors (Lipinski definition) is 0. The number of sulfonamides is 1. The van der Waals surface area contributed by atoms with Gasteiger partial charge in [0.05, 0.1) is 24.0 Å². The molecule has 3 atom stereocenters. The van der Waals surface area contributed by atoms with Gasteiger partial charge in [-0.25, -0.2) is 8.42 Å². The maximum Gasteiger partial charge on any atom is 0.265 e. The highest BCUT2D eigenvalue weighted by Gasteiger charge is 2.51. The predicted molar refractivity (Wildman–Crippen MR) is 95.7 cm³/mol. The van der Waals surface area contributed by atoms with Gasteiger partial charge in [0.25, 0.3) is 5.91 Å². The maximum atomic E-state index is 12.6. The number of benzene rings is 1. The van der Waals surface area contributed by atoms with Crippen molar-refractivity contribution in [2.45, 2.75) is 6.04 Å². The lowest BCUT2D eigenvalue weighted by molar-refractivity contribution is 0.0778. The first-order valence-electron chi connectivity index (χ1n) is 8.14. The molecule has 0 aliphatic carbocycles. The molecule has 2 aliphatic heterocycles. The van der Waals surface area contributed by atoms with Crippen molar-refractivity contribution < 1.29 is 13.2 Å². The number of thiazole rings is 1. The number of fused-ring (bicyclic) bond motifs is 1. The Hall–Kier alpha value is -1.77. The summed E-state index contributed by atoms with van der Waals surface area (Å²) in [5.74, 6) is 0.278. The van der Waals surface area contributed by atoms with Gasteiger partial charge >= 0.3 is 0 Å². The number of rotatable bonds is 3. The van der Waals surface area contributed by atoms with Crippen molar-refractivity contribution in [3.63, 3.8) is 0 Å². The Kier molecular flexibility index (Phi) is 4.13. The number of likely N-dealkylation sites (tertiary alicyclic amines) is 1. The molecule has 1 aromatic carbocycles. The number of aromatic nitrogens is 1. The summed E-state index contributed by atoms with van der Waals surface area (Å²) in [7, 11) is -3.30. The molecule has 1 amide bonds. The molecule has 0 spiro atoms. The second kappa shape index (κ2) is 6.19. The topological polar surface area (TPSA) is 70.6 Å². The molecule has 1 aromatic heterocycles. The molecule has 6 nitrogen and oxygen atoms in total. The summed E-state index contributed by atoms with van der Waals surface area (Å²) < 4.78 is 26.2. The van der Waals surface area contributed by atoms with Crippen molar-refractivity contribution in [1.29, 1.82) is 0 Å². The van der Waals surface area contributed by atoms with E-state index in [-0.39, 0.29) is 23.8 Å². The highest BCUT2D eigenvalue weighted by atomic mass is 32.2. The van der Waals surface area contributed by atoms with Gasteiger partial charge in [-0.05, 0) is 11.5 Å². The van der Waals surface area contributed by atoms with Crippen molar-refractivity contribution >= 4 is 27.3 Å². The Balaban J connectivity index is 1.63. The Labute approximate surface area is 151 Å². The van der Waals surface area contributed by atoms with E-state index in [4.69, 9.17) is 0 Å². The molecule has 2 aromatic rings. The Morgan fingerprint density at radius 3 is 2.60 bits per heavy atom. The summed E-state index contributed by atoms with van der Waals surface area (Å²) in [4.78, 5) is 19.1. The summed E-state index contributed by atoms with van der Waals surface area (Å²) in [6.07, 6.45) is 2.86. The van der Waals surface area contributed by atoms with Gasteiger partial charge in [0, 0.05) is 25.6 Å². The number of carbonyl (C=O) groups excluding carboxylic acids is 1. The molecule has 8 heteroatoms. The van der Waals surface area contributed by atoms with Crippen LogP contribution in [0.3, 0.4) is 0 Å². The van der Waals surface area contributed by atoms with Gasteiger partial charge in [-0.3, -0.25) is 9.78 Å². The summed E-state index contributed by atoms with van der Waals surface area (Å²) in [5.41, 5.74) is 2.65. The highest BCUT2D eigenvalue weighted by Crippen LogP contribution is 2.46. The first-order valence-corrected chi connectivity index (χ1v) is 10.9. The fourth-order valence-corrected chi connectivity index (χ4v) is 5.79. The van der Waals surface area contributed by atoms with Crippen LogP contribution in [0.4, 0.5) is 0 Å². The highest BCUT2D eigenvalue weighted by molar-refractivity contribution is 7.88. The monoisotopic (exact) mass is 377 g/mol. The average Bonchev–Trinajstić information content (AvgIpc) is 3.29. The van der Waals surface area contributed by atoms with E-state index in [9.17, 15) is 13.2 Å². The van der Waals surface area contributed by atoms with E-state index >= 15 is 0 Å². The molecule has 0 bridgehead atoms. The van der Waals surface area contributed by atoms with Crippen LogP contribution < -0.4 is 0 Å². The van der Waals surface area contributed by atoms with Crippen LogP contribution in [0.25, 0.3) is 0 Å². The third-order valence-corrected chi connectivity index (χ3v) is 7.11. The molecule has 3 heterocycles. The molecule has 2 aliphatic rings. The van der Waals surface area contributed by atoms with Gasteiger partial charge in [-0.2, -0.15) is 4.31 Å². The van der Waals surface area contributed by atoms with Crippen LogP contribution in [0.5, 0.6) is 0 Å². The van der Waals surface area contributed by atoms with Gasteiger partial charge < -0.3 is 4.90 Å². The molecule has 2 saturated heterocycles. The van der Waals surface area contributed by atoms with Crippen LogP contribution >= 0.6 is 11.3 Å². The molecule has 4 rings (SSSR count). The number of amides is 1. The first-order chi connectivity index (χ1) is 11.9. The summed E-state index contributed by atoms with van der Waals surface area (Å²) in [6.45, 7) is 1.64. The molecule has 25 heavy (non-hydrogen) atoms. The SMILES string of the molecule is CS(=O)(=O)N1C[C@H]2CN(C(=O)c3cncs3)C[C@H]2[C@@H]1c1ccccc1. The number of nitrogens with zero attached hydrogens (tertiary/aromatic N) is 3. The Morgan fingerprint density at radius 2 is 1.96 bits per heavy atom. The summed E-state index contributed by atoms with van der Waals surface area (Å²) >= 11 is 1.34. The Bertz CT molecular complexity index is 868. The zero-order valence-electron chi connectivity index (χ0n) is 13.8. The zero-order chi connectivity index (χ0) is 17.6. The van der Waals surface area contributed by atoms with Crippen LogP contribution in [0.15, 0.2) is 42.0 Å². The van der Waals surface area contributed by atoms with Gasteiger partial charge in [0.15, 0.2) is 0 Å². The van der Waals surface area contributed by atoms with E-state index in [1.807, 2.05) is 35.2 Å². The van der Waals surface area contributed by atoms with Crippen LogP contribution in [0, 0.1) is 11.8 Å². The van der Waals surface area contributed by atoms with Gasteiger partial charge in [-0.1, -0.05) is 30.3 Å². The second-order valence-corrected chi connectivity index (χ2v) is 9.51. The van der Waals surface area contributed by atoms with Crippen LogP contribution in [0.2, 0.25) is 0 Å². The lowest BCUT2D eigenvalue weighted by Gasteiger charge is -2.28. The maximum absolute atomic E-state index is 12.6. The molecule has 2 fully saturated rings. The normalized spacial score (nSPS) is 26.8. The minimum atomic E-state index is -3.30. The molecular weight excluding hydrogens is 358 g/mol. The fourth-order valence-electron chi connectivity index (χ4n) is 4.05. The fraction of sp³-hybridized carbons (Fsp3) is 0.412. The quantitative estimate of drug-likeness (QED) is 0.818. The van der Waals surface area contributed by atoms with Gasteiger partial charge in [-0.15, -0.1) is 11.3 Å². The van der Waals surface area contributed by atoms with Gasteiger partial charge in [0.1, 0.15) is 4.88 Å². The van der Waals surface area contributed by atoms with E-state index in [2.05, 4.69) is 4.98 Å². The number of hydrogen-bond acceptors (Lipinski definition) is 5. The van der Waals surface area contributed by atoms with Crippen molar-refractivity contribution in [2.24, 2.45) is 11.8 Å². The van der Waals surface area contributed by atoms with Crippen LogP contribution in [-0.4, -0.2) is 54.4 Å². The molecule has 132 valence electrons. The lowest BCUT2D eigenvalue weighted by atomic mass is 9.90. The lowest BCUT2D eigenvalue weighted by Crippen LogP contribution is -2.36. The first kappa shape index (κ1) is 16.7. The summed E-state index contributed by atoms with van der Waals surface area (Å²) in [5, 5.41) is 0. The van der Waals surface area contributed by atoms with Crippen LogP contribution in [-0.2, 0) is 10.0 Å². The van der Waals surface area contributed by atoms with Crippen molar-refractivity contribution in [1.82, 2.24) is 14.2 Å². The third-order valence-electron chi connectivity index (χ3n) is 5.12. The van der Waals surface area contributed by atoms with Crippen molar-refractivity contribution in [3.8, 4) is 0 Å². The van der Waals surface area contributed by atoms with E-state index in [0.717, 1.165) is 5.56 Å². The standard InChI is InChI=1S/C17H19N3O3S2/c1-25(22,23)20-9-13-8-19(17(21)15-7-18-11-24-15)10-14(13)16(20)12-5-3-2-4-6-12/h2-7,11,13-14,16H,8-10H2,1H3/t13-,14-,16+/m1/s1. The molecule has 0 N–H and O–H groups in total. The minimum Gasteiger partial charge on any atom is -0.337 e. The minimum absolute atomic E-state index is 0.00498. The zero-order valence-corrected chi connectivity index (χ0v) is 15.4. The largest absolute Gasteiger partial charge is 0.337 e. The molecule has 0 saturated carbocycles. The van der Waals surface area contributed by atoms with Crippen molar-refractivity contribution in [2.75, 3.05) is 25.9 Å². The Morgan fingerprint density at radius 1 is 1.20 bits per heavy atom. The smallest absolute Gasteiger partial charge is 0.265 e. The third kappa shape index (κ3) is 2.98. The second-order valence-electron chi connectivity index (χ2n) is 6.69. The van der Waals surface area contributed by atoms with Crippen LogP contribution in [0.1, 0.15) is 21.3 Å². The number of carbonyl (C=O) groups is 1. The average molecular weight is 377 g/mol. The van der Waals surface area contributed by atoms with E-state index in [1.165, 1.54) is 17.6 Å². The molecule has 0 unspecified atom stereocenters. The predicted octanol–water partition coefficient (Wildman–Crippen LogP) is 1.85. The molecule has 0 radical (unpaired) electrons. The molecular formula is C17H19N3O3S2.